The summed E-state index contributed by atoms with van der Waals surface area (Å²) in [5.74, 6) is 26.2. The fourth-order valence-corrected chi connectivity index (χ4v) is 3.78. The van der Waals surface area contributed by atoms with Gasteiger partial charge in [-0.05, 0) is 59.0 Å². The molecule has 0 aliphatic rings. The molecule has 0 fully saturated rings. The van der Waals surface area contributed by atoms with Gasteiger partial charge in [0.05, 0.1) is 11.1 Å². The van der Waals surface area contributed by atoms with Gasteiger partial charge in [-0.25, -0.2) is 0 Å². The maximum Gasteiger partial charge on any atom is 0.0823 e. The van der Waals surface area contributed by atoms with Crippen LogP contribution in [0.2, 0.25) is 0 Å². The van der Waals surface area contributed by atoms with E-state index in [0.29, 0.717) is 0 Å². The van der Waals surface area contributed by atoms with Crippen LogP contribution in [-0.2, 0) is 0 Å². The van der Waals surface area contributed by atoms with Gasteiger partial charge in [0.2, 0.25) is 0 Å². The predicted octanol–water partition coefficient (Wildman–Crippen LogP) is 6.19. The van der Waals surface area contributed by atoms with Gasteiger partial charge in [-0.1, -0.05) is 144 Å². The molecule has 0 atom stereocenters. The van der Waals surface area contributed by atoms with Crippen molar-refractivity contribution in [2.75, 3.05) is 0 Å². The second-order valence-corrected chi connectivity index (χ2v) is 8.79. The lowest BCUT2D eigenvalue weighted by molar-refractivity contribution is 1.53. The maximum atomic E-state index is 3.29. The molecule has 40 heavy (non-hydrogen) atoms. The molecule has 0 N–H and O–H groups in total. The molecule has 5 rings (SSSR count). The summed E-state index contributed by atoms with van der Waals surface area (Å²) in [5.41, 5.74) is 5.29. The third-order valence-electron chi connectivity index (χ3n) is 5.88. The lowest BCUT2D eigenvalue weighted by Gasteiger charge is -1.95. The van der Waals surface area contributed by atoms with Crippen LogP contribution in [0.1, 0.15) is 22.3 Å². The summed E-state index contributed by atoms with van der Waals surface area (Å²) < 4.78 is 0. The molecule has 0 amide bonds. The first kappa shape index (κ1) is 25.7. The van der Waals surface area contributed by atoms with E-state index >= 15 is 0 Å². The van der Waals surface area contributed by atoms with E-state index in [1.54, 1.807) is 0 Å². The van der Waals surface area contributed by atoms with Crippen LogP contribution >= 0.6 is 0 Å². The van der Waals surface area contributed by atoms with Gasteiger partial charge in [-0.2, -0.15) is 0 Å². The van der Waals surface area contributed by atoms with Crippen molar-refractivity contribution in [1.82, 2.24) is 0 Å². The van der Waals surface area contributed by atoms with Gasteiger partial charge >= 0.3 is 0 Å². The summed E-state index contributed by atoms with van der Waals surface area (Å²) in [4.78, 5) is 0. The van der Waals surface area contributed by atoms with E-state index in [-0.39, 0.29) is 0 Å². The van der Waals surface area contributed by atoms with Crippen LogP contribution in [0, 0.1) is 47.4 Å². The number of benzene rings is 5. The molecule has 0 aliphatic heterocycles. The fourth-order valence-electron chi connectivity index (χ4n) is 3.78. The zero-order valence-electron chi connectivity index (χ0n) is 21.9. The monoisotopic (exact) mass is 504 g/mol. The van der Waals surface area contributed by atoms with Crippen LogP contribution in [0.15, 0.2) is 146 Å². The normalized spacial score (nSPS) is 9.20. The highest BCUT2D eigenvalue weighted by Crippen LogP contribution is 2.01. The Hall–Kier alpha value is -5.92. The zero-order valence-corrected chi connectivity index (χ0v) is 21.9. The topological polar surface area (TPSA) is 0 Å². The lowest BCUT2D eigenvalue weighted by Crippen LogP contribution is -2.11. The van der Waals surface area contributed by atoms with E-state index in [9.17, 15) is 0 Å². The molecule has 0 nitrogen and oxygen atoms in total. The first-order chi connectivity index (χ1) is 19.8. The van der Waals surface area contributed by atoms with Crippen molar-refractivity contribution in [3.8, 4) is 47.4 Å². The summed E-state index contributed by atoms with van der Waals surface area (Å²) in [5, 5.41) is 1.89. The highest BCUT2D eigenvalue weighted by Gasteiger charge is 1.95. The molecule has 184 valence electrons. The summed E-state index contributed by atoms with van der Waals surface area (Å²) in [6.07, 6.45) is 0. The average Bonchev–Trinajstić information content (AvgIpc) is 3.03. The van der Waals surface area contributed by atoms with Gasteiger partial charge in [-0.15, -0.1) is 0 Å². The van der Waals surface area contributed by atoms with Gasteiger partial charge in [0.1, 0.15) is 0 Å². The Morgan fingerprint density at radius 1 is 0.275 bits per heavy atom. The Kier molecular flexibility index (Phi) is 8.73. The Balaban J connectivity index is 1.62. The Bertz CT molecular complexity index is 1680. The molecular weight excluding hydrogens is 480 g/mol. The van der Waals surface area contributed by atoms with Crippen LogP contribution in [0.5, 0.6) is 0 Å². The third-order valence-corrected chi connectivity index (χ3v) is 5.88. The van der Waals surface area contributed by atoms with Crippen LogP contribution in [0.4, 0.5) is 0 Å². The molecule has 0 saturated heterocycles. The smallest absolute Gasteiger partial charge is 0.0622 e. The lowest BCUT2D eigenvalue weighted by atomic mass is 10.1. The van der Waals surface area contributed by atoms with Gasteiger partial charge in [0, 0.05) is 22.3 Å². The van der Waals surface area contributed by atoms with E-state index in [4.69, 9.17) is 0 Å². The van der Waals surface area contributed by atoms with E-state index in [0.717, 1.165) is 43.8 Å². The maximum absolute atomic E-state index is 3.29. The van der Waals surface area contributed by atoms with Crippen molar-refractivity contribution in [2.24, 2.45) is 0 Å². The minimum Gasteiger partial charge on any atom is -0.0622 e. The first-order valence-corrected chi connectivity index (χ1v) is 13.0. The Morgan fingerprint density at radius 2 is 0.500 bits per heavy atom. The van der Waals surface area contributed by atoms with Crippen LogP contribution < -0.4 is 10.4 Å². The van der Waals surface area contributed by atoms with E-state index in [2.05, 4.69) is 47.4 Å². The standard InChI is InChI=1S/C40H24/c1-5-13-33(14-6-1)21-25-37(26-22-34-15-7-2-8-16-34)39-29-31-40(32-30-39)38(27-23-35-17-9-3-10-18-35)28-24-36-19-11-4-12-20-36/h1-20,29-32H. The summed E-state index contributed by atoms with van der Waals surface area (Å²) in [7, 11) is 0. The van der Waals surface area contributed by atoms with Crippen LogP contribution in [0.25, 0.3) is 11.1 Å². The van der Waals surface area contributed by atoms with Gasteiger partial charge in [0.15, 0.2) is 0 Å². The second kappa shape index (κ2) is 13.6. The van der Waals surface area contributed by atoms with Crippen molar-refractivity contribution < 1.29 is 0 Å². The molecule has 0 unspecified atom stereocenters. The molecule has 0 heteroatoms. The Morgan fingerprint density at radius 3 is 0.725 bits per heavy atom. The Labute approximate surface area is 236 Å². The first-order valence-electron chi connectivity index (χ1n) is 13.0. The number of hydrogen-bond donors (Lipinski definition) is 0. The van der Waals surface area contributed by atoms with E-state index in [1.165, 1.54) is 0 Å². The van der Waals surface area contributed by atoms with Gasteiger partial charge in [0.25, 0.3) is 0 Å². The molecule has 5 aromatic carbocycles. The van der Waals surface area contributed by atoms with Crippen LogP contribution in [-0.4, -0.2) is 0 Å². The predicted molar refractivity (Wildman–Crippen MR) is 166 cm³/mol. The van der Waals surface area contributed by atoms with Crippen molar-refractivity contribution >= 4 is 11.1 Å². The molecule has 0 radical (unpaired) electrons. The van der Waals surface area contributed by atoms with Crippen molar-refractivity contribution in [2.45, 2.75) is 0 Å². The summed E-state index contributed by atoms with van der Waals surface area (Å²) >= 11 is 0. The van der Waals surface area contributed by atoms with E-state index < -0.39 is 0 Å². The fraction of sp³-hybridized carbons (Fsp3) is 0. The van der Waals surface area contributed by atoms with Gasteiger partial charge in [-0.3, -0.25) is 0 Å². The molecule has 0 saturated carbocycles. The van der Waals surface area contributed by atoms with Gasteiger partial charge < -0.3 is 0 Å². The number of rotatable bonds is 0. The zero-order chi connectivity index (χ0) is 27.2. The minimum atomic E-state index is 0.756. The highest BCUT2D eigenvalue weighted by atomic mass is 14.0. The quantitative estimate of drug-likeness (QED) is 0.221. The summed E-state index contributed by atoms with van der Waals surface area (Å²) in [6, 6.07) is 47.9. The molecule has 0 aromatic heterocycles. The highest BCUT2D eigenvalue weighted by molar-refractivity contribution is 5.81. The van der Waals surface area contributed by atoms with E-state index in [1.807, 2.05) is 146 Å². The average molecular weight is 505 g/mol. The third kappa shape index (κ3) is 7.55. The van der Waals surface area contributed by atoms with Crippen LogP contribution in [0.3, 0.4) is 0 Å². The molecular formula is C40H24. The molecule has 0 bridgehead atoms. The largest absolute Gasteiger partial charge is 0.0823 e. The molecule has 0 aliphatic carbocycles. The molecule has 5 aromatic rings. The van der Waals surface area contributed by atoms with Crippen molar-refractivity contribution in [1.29, 1.82) is 0 Å². The number of hydrogen-bond acceptors (Lipinski definition) is 0. The van der Waals surface area contributed by atoms with Crippen molar-refractivity contribution in [3.05, 3.63) is 178 Å². The summed E-state index contributed by atoms with van der Waals surface area (Å²) in [6.45, 7) is 0. The second-order valence-electron chi connectivity index (χ2n) is 8.79. The molecule has 0 spiro atoms. The van der Waals surface area contributed by atoms with Crippen molar-refractivity contribution in [3.63, 3.8) is 0 Å². The minimum absolute atomic E-state index is 0.756. The SMILES string of the molecule is C(#Cc1ccccc1)C(C#Cc1ccccc1)=c1ccc(=C(C#Cc2ccccc2)C#Cc2ccccc2)cc1. The molecule has 0 heterocycles.